The van der Waals surface area contributed by atoms with Crippen molar-refractivity contribution < 1.29 is 19.1 Å². The molecule has 0 saturated carbocycles. The van der Waals surface area contributed by atoms with Gasteiger partial charge >= 0.3 is 0 Å². The number of carbonyl (C=O) groups excluding carboxylic acids is 2. The van der Waals surface area contributed by atoms with Gasteiger partial charge in [-0.05, 0) is 29.3 Å². The molecule has 2 aromatic rings. The molecule has 0 fully saturated rings. The second-order valence-electron chi connectivity index (χ2n) is 5.61. The number of amides is 1. The number of fused-ring (bicyclic) bond motifs is 1. The van der Waals surface area contributed by atoms with Gasteiger partial charge in [0.05, 0.1) is 6.07 Å². The monoisotopic (exact) mass is 348 g/mol. The second-order valence-corrected chi connectivity index (χ2v) is 5.61. The van der Waals surface area contributed by atoms with E-state index in [2.05, 4.69) is 5.32 Å². The Morgan fingerprint density at radius 1 is 1.15 bits per heavy atom. The first kappa shape index (κ1) is 17.2. The molecule has 0 aliphatic carbocycles. The largest absolute Gasteiger partial charge is 0.454 e. The minimum Gasteiger partial charge on any atom is -0.454 e. The third-order valence-electron chi connectivity index (χ3n) is 3.82. The highest BCUT2D eigenvalue weighted by atomic mass is 16.7. The highest BCUT2D eigenvalue weighted by Crippen LogP contribution is 2.32. The van der Waals surface area contributed by atoms with Crippen LogP contribution in [0.25, 0.3) is 6.08 Å². The van der Waals surface area contributed by atoms with Gasteiger partial charge in [0.25, 0.3) is 0 Å². The van der Waals surface area contributed by atoms with Crippen molar-refractivity contribution in [3.63, 3.8) is 0 Å². The van der Waals surface area contributed by atoms with Gasteiger partial charge in [0, 0.05) is 6.54 Å². The number of carbonyl (C=O) groups is 2. The zero-order valence-electron chi connectivity index (χ0n) is 13.8. The van der Waals surface area contributed by atoms with E-state index in [1.165, 1.54) is 6.08 Å². The average Bonchev–Trinajstić information content (AvgIpc) is 3.14. The van der Waals surface area contributed by atoms with E-state index < -0.39 is 17.6 Å². The van der Waals surface area contributed by atoms with E-state index in [-0.39, 0.29) is 13.3 Å². The predicted octanol–water partition coefficient (Wildman–Crippen LogP) is 2.45. The number of nitrogens with one attached hydrogen (secondary N) is 1. The van der Waals surface area contributed by atoms with Crippen LogP contribution in [0.15, 0.2) is 54.6 Å². The van der Waals surface area contributed by atoms with Gasteiger partial charge < -0.3 is 14.8 Å². The normalized spacial score (nSPS) is 13.2. The standard InChI is InChI=1S/C20H16N2O4/c21-11-16(20(24)22-12-15-4-2-1-3-5-15)17(23)8-6-14-7-9-18-19(10-14)26-13-25-18/h1-10,16H,12-13H2,(H,22,24)/b8-6+. The van der Waals surface area contributed by atoms with E-state index in [0.29, 0.717) is 17.1 Å². The molecule has 1 atom stereocenters. The molecular formula is C20H16N2O4. The van der Waals surface area contributed by atoms with Crippen LogP contribution in [-0.2, 0) is 16.1 Å². The van der Waals surface area contributed by atoms with Crippen molar-refractivity contribution in [2.75, 3.05) is 6.79 Å². The van der Waals surface area contributed by atoms with Crippen LogP contribution in [0.1, 0.15) is 11.1 Å². The summed E-state index contributed by atoms with van der Waals surface area (Å²) in [6.07, 6.45) is 2.77. The van der Waals surface area contributed by atoms with Crippen LogP contribution < -0.4 is 14.8 Å². The molecule has 130 valence electrons. The Kier molecular flexibility index (Phi) is 5.30. The molecule has 0 bridgehead atoms. The van der Waals surface area contributed by atoms with E-state index in [1.807, 2.05) is 30.3 Å². The number of ketones is 1. The molecule has 0 aromatic heterocycles. The number of nitriles is 1. The van der Waals surface area contributed by atoms with Crippen molar-refractivity contribution in [2.24, 2.45) is 5.92 Å². The van der Waals surface area contributed by atoms with Gasteiger partial charge in [-0.1, -0.05) is 42.5 Å². The first-order chi connectivity index (χ1) is 12.7. The van der Waals surface area contributed by atoms with E-state index in [9.17, 15) is 14.9 Å². The van der Waals surface area contributed by atoms with Crippen LogP contribution in [-0.4, -0.2) is 18.5 Å². The van der Waals surface area contributed by atoms with Gasteiger partial charge in [0.1, 0.15) is 0 Å². The molecule has 1 amide bonds. The first-order valence-electron chi connectivity index (χ1n) is 8.00. The van der Waals surface area contributed by atoms with Gasteiger partial charge in [-0.2, -0.15) is 5.26 Å². The maximum absolute atomic E-state index is 12.2. The number of ether oxygens (including phenoxy) is 2. The van der Waals surface area contributed by atoms with E-state index in [0.717, 1.165) is 5.56 Å². The van der Waals surface area contributed by atoms with Crippen molar-refractivity contribution in [1.29, 1.82) is 5.26 Å². The Bertz CT molecular complexity index is 884. The number of rotatable bonds is 6. The van der Waals surface area contributed by atoms with Crippen molar-refractivity contribution in [2.45, 2.75) is 6.54 Å². The quantitative estimate of drug-likeness (QED) is 0.640. The van der Waals surface area contributed by atoms with Gasteiger partial charge in [-0.15, -0.1) is 0 Å². The Hall–Kier alpha value is -3.59. The minimum atomic E-state index is -1.39. The molecule has 1 unspecified atom stereocenters. The summed E-state index contributed by atoms with van der Waals surface area (Å²) in [6, 6.07) is 16.2. The van der Waals surface area contributed by atoms with Crippen LogP contribution >= 0.6 is 0 Å². The van der Waals surface area contributed by atoms with Crippen LogP contribution in [0.5, 0.6) is 11.5 Å². The van der Waals surface area contributed by atoms with E-state index in [4.69, 9.17) is 9.47 Å². The molecule has 6 heteroatoms. The lowest BCUT2D eigenvalue weighted by Crippen LogP contribution is -2.33. The Morgan fingerprint density at radius 2 is 1.92 bits per heavy atom. The predicted molar refractivity (Wildman–Crippen MR) is 94.0 cm³/mol. The zero-order valence-corrected chi connectivity index (χ0v) is 13.8. The summed E-state index contributed by atoms with van der Waals surface area (Å²) in [6.45, 7) is 0.427. The molecule has 1 N–H and O–H groups in total. The molecule has 2 aromatic carbocycles. The van der Waals surface area contributed by atoms with Crippen LogP contribution in [0.4, 0.5) is 0 Å². The van der Waals surface area contributed by atoms with Crippen molar-refractivity contribution in [3.05, 3.63) is 65.7 Å². The molecule has 0 saturated heterocycles. The fourth-order valence-corrected chi connectivity index (χ4v) is 2.43. The maximum atomic E-state index is 12.2. The summed E-state index contributed by atoms with van der Waals surface area (Å²) < 4.78 is 10.5. The minimum absolute atomic E-state index is 0.166. The molecule has 0 spiro atoms. The maximum Gasteiger partial charge on any atom is 0.245 e. The summed E-state index contributed by atoms with van der Waals surface area (Å²) in [5.41, 5.74) is 1.60. The molecule has 3 rings (SSSR count). The van der Waals surface area contributed by atoms with Crippen molar-refractivity contribution >= 4 is 17.8 Å². The second kappa shape index (κ2) is 7.99. The molecule has 1 heterocycles. The van der Waals surface area contributed by atoms with Gasteiger partial charge in [-0.3, -0.25) is 9.59 Å². The number of hydrogen-bond acceptors (Lipinski definition) is 5. The van der Waals surface area contributed by atoms with E-state index >= 15 is 0 Å². The smallest absolute Gasteiger partial charge is 0.245 e. The zero-order chi connectivity index (χ0) is 18.4. The van der Waals surface area contributed by atoms with Crippen molar-refractivity contribution in [1.82, 2.24) is 5.32 Å². The van der Waals surface area contributed by atoms with Crippen LogP contribution in [0.2, 0.25) is 0 Å². The fraction of sp³-hybridized carbons (Fsp3) is 0.150. The summed E-state index contributed by atoms with van der Waals surface area (Å²) >= 11 is 0. The molecule has 1 aliphatic rings. The lowest BCUT2D eigenvalue weighted by atomic mass is 10.0. The van der Waals surface area contributed by atoms with E-state index in [1.54, 1.807) is 30.3 Å². The highest BCUT2D eigenvalue weighted by molar-refractivity contribution is 6.10. The molecular weight excluding hydrogens is 332 g/mol. The Morgan fingerprint density at radius 3 is 2.69 bits per heavy atom. The number of allylic oxidation sites excluding steroid dienone is 1. The van der Waals surface area contributed by atoms with Gasteiger partial charge in [0.2, 0.25) is 12.7 Å². The third kappa shape index (κ3) is 4.08. The number of hydrogen-bond donors (Lipinski definition) is 1. The molecule has 26 heavy (non-hydrogen) atoms. The first-order valence-corrected chi connectivity index (χ1v) is 8.00. The SMILES string of the molecule is N#CC(C(=O)/C=C/c1ccc2c(c1)OCO2)C(=O)NCc1ccccc1. The summed E-state index contributed by atoms with van der Waals surface area (Å²) in [5.74, 6) is -1.34. The molecule has 1 aliphatic heterocycles. The summed E-state index contributed by atoms with van der Waals surface area (Å²) in [7, 11) is 0. The van der Waals surface area contributed by atoms with Crippen LogP contribution in [0, 0.1) is 17.2 Å². The lowest BCUT2D eigenvalue weighted by Gasteiger charge is -2.08. The summed E-state index contributed by atoms with van der Waals surface area (Å²) in [5, 5.41) is 11.8. The van der Waals surface area contributed by atoms with Gasteiger partial charge in [0.15, 0.2) is 23.2 Å². The Balaban J connectivity index is 1.61. The topological polar surface area (TPSA) is 88.4 Å². The number of nitrogens with zero attached hydrogens (tertiary/aromatic N) is 1. The Labute approximate surface area is 150 Å². The fourth-order valence-electron chi connectivity index (χ4n) is 2.43. The highest BCUT2D eigenvalue weighted by Gasteiger charge is 2.24. The molecule has 6 nitrogen and oxygen atoms in total. The molecule has 0 radical (unpaired) electrons. The number of benzene rings is 2. The lowest BCUT2D eigenvalue weighted by molar-refractivity contribution is -0.129. The summed E-state index contributed by atoms with van der Waals surface area (Å²) in [4.78, 5) is 24.3. The van der Waals surface area contributed by atoms with Crippen LogP contribution in [0.3, 0.4) is 0 Å². The van der Waals surface area contributed by atoms with Gasteiger partial charge in [-0.25, -0.2) is 0 Å². The third-order valence-corrected chi connectivity index (χ3v) is 3.82. The van der Waals surface area contributed by atoms with Crippen molar-refractivity contribution in [3.8, 4) is 17.6 Å². The average molecular weight is 348 g/mol.